The van der Waals surface area contributed by atoms with Crippen molar-refractivity contribution in [3.63, 3.8) is 0 Å². The number of ether oxygens (including phenoxy) is 3. The average Bonchev–Trinajstić information content (AvgIpc) is 3.75. The fourth-order valence-electron chi connectivity index (χ4n) is 9.00. The maximum atomic E-state index is 15.5. The van der Waals surface area contributed by atoms with Gasteiger partial charge < -0.3 is 34.3 Å². The highest BCUT2D eigenvalue weighted by atomic mass is 35.5. The predicted octanol–water partition coefficient (Wildman–Crippen LogP) is 8.28. The maximum Gasteiger partial charge on any atom is 0.417 e. The fraction of sp³-hybridized carbons (Fsp3) is 0.391. The van der Waals surface area contributed by atoms with E-state index >= 15 is 13.2 Å². The Labute approximate surface area is 389 Å². The highest BCUT2D eigenvalue weighted by Gasteiger charge is 2.44. The van der Waals surface area contributed by atoms with E-state index in [1.165, 1.54) is 27.7 Å². The second-order valence-corrected chi connectivity index (χ2v) is 20.1. The number of pyridine rings is 1. The largest absolute Gasteiger partial charge is 0.417 e. The summed E-state index contributed by atoms with van der Waals surface area (Å²) in [5.41, 5.74) is 3.75. The molecule has 3 aliphatic heterocycles. The number of amides is 1. The quantitative estimate of drug-likeness (QED) is 0.0803. The molecule has 67 heavy (non-hydrogen) atoms. The summed E-state index contributed by atoms with van der Waals surface area (Å²) in [6, 6.07) is 18.6. The number of aromatic amines is 1. The number of allylic oxidation sites excluding steroid dienone is 1. The van der Waals surface area contributed by atoms with Gasteiger partial charge in [-0.2, -0.15) is 13.8 Å². The van der Waals surface area contributed by atoms with E-state index in [4.69, 9.17) is 25.8 Å². The minimum Gasteiger partial charge on any atom is -0.411 e. The Morgan fingerprint density at radius 3 is 2.49 bits per heavy atom. The van der Waals surface area contributed by atoms with Crippen molar-refractivity contribution in [1.82, 2.24) is 19.6 Å². The number of anilines is 4. The van der Waals surface area contributed by atoms with Gasteiger partial charge in [-0.25, -0.2) is 17.5 Å². The second kappa shape index (κ2) is 17.9. The number of hydrogen-bond donors (Lipinski definition) is 3. The number of benzene rings is 3. The molecule has 5 heterocycles. The summed E-state index contributed by atoms with van der Waals surface area (Å²) in [7, 11) is -4.84. The maximum absolute atomic E-state index is 15.5. The van der Waals surface area contributed by atoms with Crippen LogP contribution in [0, 0.1) is 15.5 Å². The van der Waals surface area contributed by atoms with E-state index in [1.807, 2.05) is 16.9 Å². The first-order chi connectivity index (χ1) is 31.8. The van der Waals surface area contributed by atoms with Gasteiger partial charge in [0.2, 0.25) is 11.7 Å². The SMILES string of the molecule is CC1(C)CCC(CN2CCN(c3ccc(C(=O)NS(=O)(=O)c4ccc(NCC5(F)COCCO5)c([N+](=O)[O-])c4)c(N4CC(F)(F)Oc5nc6[nH]ccc6cc54)c3)CC2)=C(c2ccc(Cl)cc2)C1. The van der Waals surface area contributed by atoms with E-state index in [1.54, 1.807) is 30.5 Å². The highest BCUT2D eigenvalue weighted by molar-refractivity contribution is 7.90. The number of piperazine rings is 1. The monoisotopic (exact) mass is 964 g/mol. The second-order valence-electron chi connectivity index (χ2n) is 18.0. The van der Waals surface area contributed by atoms with Crippen LogP contribution in [0.2, 0.25) is 5.02 Å². The summed E-state index contributed by atoms with van der Waals surface area (Å²) in [6.45, 7) is 5.99. The number of hydrogen-bond acceptors (Lipinski definition) is 13. The number of nitro groups is 1. The number of carbonyl (C=O) groups excluding carboxylic acids is 1. The molecule has 1 aliphatic carbocycles. The lowest BCUT2D eigenvalue weighted by Gasteiger charge is -2.40. The van der Waals surface area contributed by atoms with Crippen LogP contribution in [0.3, 0.4) is 0 Å². The molecule has 0 saturated carbocycles. The van der Waals surface area contributed by atoms with Crippen LogP contribution in [0.5, 0.6) is 5.88 Å². The zero-order chi connectivity index (χ0) is 47.3. The van der Waals surface area contributed by atoms with Gasteiger partial charge >= 0.3 is 6.11 Å². The summed E-state index contributed by atoms with van der Waals surface area (Å²) >= 11 is 6.24. The number of carbonyl (C=O) groups is 1. The fourth-order valence-corrected chi connectivity index (χ4v) is 10.1. The summed E-state index contributed by atoms with van der Waals surface area (Å²) in [4.78, 5) is 37.7. The van der Waals surface area contributed by atoms with Crippen LogP contribution >= 0.6 is 11.6 Å². The standard InChI is InChI=1S/C46H48ClF3N8O8S/c1-44(2)13-11-31(36(24-44)29-3-5-32(47)6-4-29)25-55-15-17-56(18-16-55)33-7-9-35(38(22-33)57-27-46(49,50)66-43-40(57)21-30-12-14-51-41(30)53-43)42(59)54-67(62,63)34-8-10-37(39(23-34)58(60)61)52-26-45(48)28-64-19-20-65-45/h3-10,12,14,21-23,52H,11,13,15-20,24-28H2,1-2H3,(H,51,53)(H,54,59). The summed E-state index contributed by atoms with van der Waals surface area (Å²) in [6.07, 6.45) is 0.778. The predicted molar refractivity (Wildman–Crippen MR) is 247 cm³/mol. The van der Waals surface area contributed by atoms with Gasteiger partial charge in [0, 0.05) is 61.1 Å². The number of fused-ring (bicyclic) bond motifs is 2. The van der Waals surface area contributed by atoms with Crippen molar-refractivity contribution in [1.29, 1.82) is 0 Å². The number of rotatable bonds is 12. The van der Waals surface area contributed by atoms with E-state index in [0.29, 0.717) is 42.3 Å². The third-order valence-corrected chi connectivity index (χ3v) is 14.1. The third-order valence-electron chi connectivity index (χ3n) is 12.6. The molecule has 0 radical (unpaired) electrons. The Hall–Kier alpha value is -5.93. The topological polar surface area (TPSA) is 185 Å². The van der Waals surface area contributed by atoms with Crippen molar-refractivity contribution >= 4 is 72.6 Å². The molecule has 0 bridgehead atoms. The smallest absolute Gasteiger partial charge is 0.411 e. The molecule has 2 aromatic heterocycles. The minimum absolute atomic E-state index is 0.0298. The van der Waals surface area contributed by atoms with E-state index < -0.39 is 69.0 Å². The van der Waals surface area contributed by atoms with Crippen LogP contribution in [0.25, 0.3) is 16.6 Å². The molecule has 3 N–H and O–H groups in total. The van der Waals surface area contributed by atoms with Crippen molar-refractivity contribution in [3.05, 3.63) is 111 Å². The first-order valence-corrected chi connectivity index (χ1v) is 23.6. The third kappa shape index (κ3) is 10.0. The molecule has 1 atom stereocenters. The first kappa shape index (κ1) is 46.2. The van der Waals surface area contributed by atoms with Crippen molar-refractivity contribution in [2.24, 2.45) is 5.41 Å². The molecular formula is C46H48ClF3N8O8S. The van der Waals surface area contributed by atoms with Gasteiger partial charge in [0.15, 0.2) is 0 Å². The van der Waals surface area contributed by atoms with Crippen LogP contribution in [0.15, 0.2) is 89.5 Å². The van der Waals surface area contributed by atoms with E-state index in [9.17, 15) is 23.3 Å². The number of halogens is 4. The molecular weight excluding hydrogens is 917 g/mol. The number of alkyl halides is 3. The molecule has 21 heteroatoms. The highest BCUT2D eigenvalue weighted by Crippen LogP contribution is 2.46. The van der Waals surface area contributed by atoms with Crippen LogP contribution < -0.4 is 24.6 Å². The van der Waals surface area contributed by atoms with Gasteiger partial charge in [-0.1, -0.05) is 43.2 Å². The molecule has 1 unspecified atom stereocenters. The normalized spacial score (nSPS) is 20.9. The lowest BCUT2D eigenvalue weighted by Crippen LogP contribution is -2.47. The zero-order valence-corrected chi connectivity index (χ0v) is 38.2. The lowest BCUT2D eigenvalue weighted by atomic mass is 9.72. The van der Waals surface area contributed by atoms with Crippen molar-refractivity contribution in [3.8, 4) is 5.88 Å². The Bertz CT molecular complexity index is 2870. The van der Waals surface area contributed by atoms with Gasteiger partial charge in [0.25, 0.3) is 21.6 Å². The number of H-pyrrole nitrogens is 1. The van der Waals surface area contributed by atoms with Gasteiger partial charge in [-0.15, -0.1) is 0 Å². The van der Waals surface area contributed by atoms with Crippen LogP contribution in [-0.2, 0) is 19.5 Å². The first-order valence-electron chi connectivity index (χ1n) is 21.8. The molecule has 1 amide bonds. The molecule has 5 aromatic rings. The number of nitrogens with zero attached hydrogens (tertiary/aromatic N) is 5. The van der Waals surface area contributed by atoms with Crippen molar-refractivity contribution < 1.29 is 45.5 Å². The van der Waals surface area contributed by atoms with Gasteiger partial charge in [-0.05, 0) is 90.4 Å². The summed E-state index contributed by atoms with van der Waals surface area (Å²) < 4.78 is 91.0. The van der Waals surface area contributed by atoms with Crippen molar-refractivity contribution in [2.75, 3.05) is 80.8 Å². The molecule has 16 nitrogen and oxygen atoms in total. The minimum atomic E-state index is -4.84. The van der Waals surface area contributed by atoms with Gasteiger partial charge in [0.05, 0.1) is 40.8 Å². The molecule has 0 spiro atoms. The number of nitrogens with one attached hydrogen (secondary N) is 3. The van der Waals surface area contributed by atoms with E-state index in [-0.39, 0.29) is 46.9 Å². The van der Waals surface area contributed by atoms with Crippen LogP contribution in [-0.4, -0.2) is 112 Å². The van der Waals surface area contributed by atoms with Gasteiger partial charge in [-0.3, -0.25) is 19.8 Å². The molecule has 2 saturated heterocycles. The van der Waals surface area contributed by atoms with E-state index in [2.05, 4.69) is 51.1 Å². The zero-order valence-electron chi connectivity index (χ0n) is 36.6. The molecule has 2 fully saturated rings. The van der Waals surface area contributed by atoms with Crippen LogP contribution in [0.1, 0.15) is 49.0 Å². The number of sulfonamides is 1. The van der Waals surface area contributed by atoms with E-state index in [0.717, 1.165) is 44.0 Å². The van der Waals surface area contributed by atoms with Gasteiger partial charge in [0.1, 0.15) is 30.2 Å². The Morgan fingerprint density at radius 1 is 0.985 bits per heavy atom. The van der Waals surface area contributed by atoms with Crippen LogP contribution in [0.4, 0.5) is 41.6 Å². The Morgan fingerprint density at radius 2 is 1.76 bits per heavy atom. The van der Waals surface area contributed by atoms with Crippen molar-refractivity contribution in [2.45, 2.75) is 50.0 Å². The summed E-state index contributed by atoms with van der Waals surface area (Å²) in [5.74, 6) is -3.89. The molecule has 354 valence electrons. The molecule has 4 aliphatic rings. The average molecular weight is 965 g/mol. The Kier molecular flexibility index (Phi) is 12.4. The molecule has 3 aromatic carbocycles. The molecule has 9 rings (SSSR count). The number of aromatic nitrogens is 2. The number of nitro benzene ring substituents is 1. The summed E-state index contributed by atoms with van der Waals surface area (Å²) in [5, 5.41) is 15.9. The lowest BCUT2D eigenvalue weighted by molar-refractivity contribution is -0.384. The Balaban J connectivity index is 1.00.